The van der Waals surface area contributed by atoms with E-state index in [1.54, 1.807) is 10.6 Å². The molecule has 144 valence electrons. The maximum absolute atomic E-state index is 13.1. The first kappa shape index (κ1) is 19.6. The zero-order chi connectivity index (χ0) is 20.3. The molecule has 0 radical (unpaired) electrons. The molecule has 6 nitrogen and oxygen atoms in total. The lowest BCUT2D eigenvalue weighted by molar-refractivity contribution is -0.116. The fraction of sp³-hybridized carbons (Fsp3) is 0.190. The van der Waals surface area contributed by atoms with Crippen LogP contribution in [0.3, 0.4) is 0 Å². The van der Waals surface area contributed by atoms with E-state index in [0.717, 1.165) is 11.6 Å². The number of hydrogen-bond donors (Lipinski definition) is 2. The van der Waals surface area contributed by atoms with Gasteiger partial charge in [0.15, 0.2) is 5.76 Å². The number of carbonyl (C=O) groups excluding carboxylic acids is 1. The molecule has 3 rings (SSSR count). The molecule has 0 saturated carbocycles. The van der Waals surface area contributed by atoms with Crippen LogP contribution < -0.4 is 11.3 Å². The number of benzene rings is 2. The molecule has 28 heavy (non-hydrogen) atoms. The van der Waals surface area contributed by atoms with E-state index in [0.29, 0.717) is 41.7 Å². The number of aromatic nitrogens is 2. The normalized spacial score (nSPS) is 11.7. The second-order valence-electron chi connectivity index (χ2n) is 6.36. The van der Waals surface area contributed by atoms with Crippen LogP contribution in [-0.4, -0.2) is 20.6 Å². The number of aliphatic hydroxyl groups is 1. The van der Waals surface area contributed by atoms with E-state index in [9.17, 15) is 14.7 Å². The van der Waals surface area contributed by atoms with Crippen LogP contribution in [0.5, 0.6) is 0 Å². The predicted octanol–water partition coefficient (Wildman–Crippen LogP) is 3.24. The van der Waals surface area contributed by atoms with Crippen molar-refractivity contribution in [3.8, 4) is 0 Å². The molecular formula is C21H20ClN3O3. The van der Waals surface area contributed by atoms with Gasteiger partial charge in [0.2, 0.25) is 0 Å². The van der Waals surface area contributed by atoms with E-state index in [-0.39, 0.29) is 10.6 Å². The van der Waals surface area contributed by atoms with Gasteiger partial charge in [0.25, 0.3) is 11.5 Å². The third-order valence-electron chi connectivity index (χ3n) is 4.48. The Morgan fingerprint density at radius 2 is 2.00 bits per heavy atom. The smallest absolute Gasteiger partial charge is 0.283 e. The summed E-state index contributed by atoms with van der Waals surface area (Å²) in [5, 5.41) is 10.2. The summed E-state index contributed by atoms with van der Waals surface area (Å²) in [6, 6.07) is 13.0. The molecular weight excluding hydrogens is 378 g/mol. The Labute approximate surface area is 166 Å². The van der Waals surface area contributed by atoms with E-state index >= 15 is 0 Å². The van der Waals surface area contributed by atoms with E-state index in [2.05, 4.69) is 4.98 Å². The molecule has 0 saturated heterocycles. The number of nitrogens with zero attached hydrogens (tertiary/aromatic N) is 2. The Morgan fingerprint density at radius 1 is 1.29 bits per heavy atom. The quantitative estimate of drug-likeness (QED) is 0.492. The molecule has 0 unspecified atom stereocenters. The van der Waals surface area contributed by atoms with Crippen LogP contribution in [0.1, 0.15) is 23.9 Å². The number of nitrogens with two attached hydrogens (primary N) is 1. The summed E-state index contributed by atoms with van der Waals surface area (Å²) in [6.07, 6.45) is 2.44. The topological polar surface area (TPSA) is 98.2 Å². The van der Waals surface area contributed by atoms with E-state index in [4.69, 9.17) is 17.3 Å². The van der Waals surface area contributed by atoms with Gasteiger partial charge in [-0.05, 0) is 35.8 Å². The summed E-state index contributed by atoms with van der Waals surface area (Å²) in [7, 11) is 0. The molecule has 1 amide bonds. The summed E-state index contributed by atoms with van der Waals surface area (Å²) in [4.78, 5) is 28.8. The summed E-state index contributed by atoms with van der Waals surface area (Å²) in [5.41, 5.74) is 6.78. The average Bonchev–Trinajstić information content (AvgIpc) is 2.68. The number of hydrogen-bond acceptors (Lipinski definition) is 4. The first-order valence-corrected chi connectivity index (χ1v) is 9.26. The van der Waals surface area contributed by atoms with Crippen LogP contribution in [0.4, 0.5) is 0 Å². The van der Waals surface area contributed by atoms with Crippen molar-refractivity contribution in [1.29, 1.82) is 0 Å². The van der Waals surface area contributed by atoms with Crippen molar-refractivity contribution < 1.29 is 9.90 Å². The Morgan fingerprint density at radius 3 is 2.64 bits per heavy atom. The minimum Gasteiger partial charge on any atom is -0.503 e. The zero-order valence-corrected chi connectivity index (χ0v) is 16.1. The summed E-state index contributed by atoms with van der Waals surface area (Å²) in [5.74, 6) is -0.938. The SMILES string of the molecule is CCc1nc2cc(Cl)c(/C=C(/O)C(N)=O)cc2c(=O)n1CCc1ccccc1. The van der Waals surface area contributed by atoms with Gasteiger partial charge in [0.05, 0.1) is 15.9 Å². The molecule has 1 heterocycles. The number of rotatable bonds is 6. The van der Waals surface area contributed by atoms with Crippen LogP contribution in [0.25, 0.3) is 17.0 Å². The van der Waals surface area contributed by atoms with Crippen molar-refractivity contribution in [3.63, 3.8) is 0 Å². The molecule has 0 aliphatic heterocycles. The van der Waals surface area contributed by atoms with Gasteiger partial charge in [-0.25, -0.2) is 4.98 Å². The van der Waals surface area contributed by atoms with Crippen molar-refractivity contribution in [2.24, 2.45) is 5.73 Å². The molecule has 0 aliphatic rings. The van der Waals surface area contributed by atoms with Crippen molar-refractivity contribution in [2.75, 3.05) is 0 Å². The Bertz CT molecular complexity index is 1120. The van der Waals surface area contributed by atoms with Crippen molar-refractivity contribution >= 4 is 34.5 Å². The predicted molar refractivity (Wildman–Crippen MR) is 110 cm³/mol. The minimum absolute atomic E-state index is 0.192. The van der Waals surface area contributed by atoms with E-state index < -0.39 is 11.7 Å². The van der Waals surface area contributed by atoms with Gasteiger partial charge >= 0.3 is 0 Å². The van der Waals surface area contributed by atoms with Crippen molar-refractivity contribution in [3.05, 3.63) is 80.6 Å². The molecule has 0 bridgehead atoms. The number of aliphatic hydroxyl groups excluding tert-OH is 1. The molecule has 0 aliphatic carbocycles. The first-order valence-electron chi connectivity index (χ1n) is 8.88. The lowest BCUT2D eigenvalue weighted by Gasteiger charge is -2.13. The Kier molecular flexibility index (Phi) is 5.80. The van der Waals surface area contributed by atoms with Crippen LogP contribution in [0.15, 0.2) is 53.0 Å². The second-order valence-corrected chi connectivity index (χ2v) is 6.77. The number of halogens is 1. The van der Waals surface area contributed by atoms with Gasteiger partial charge in [-0.2, -0.15) is 0 Å². The number of aryl methyl sites for hydroxylation is 2. The van der Waals surface area contributed by atoms with Gasteiger partial charge in [0, 0.05) is 13.0 Å². The van der Waals surface area contributed by atoms with Gasteiger partial charge in [-0.15, -0.1) is 0 Å². The highest BCUT2D eigenvalue weighted by molar-refractivity contribution is 6.33. The molecule has 1 aromatic heterocycles. The highest BCUT2D eigenvalue weighted by Crippen LogP contribution is 2.23. The van der Waals surface area contributed by atoms with Gasteiger partial charge in [-0.3, -0.25) is 14.2 Å². The molecule has 0 fully saturated rings. The Hall–Kier alpha value is -3.12. The molecule has 3 aromatic rings. The Balaban J connectivity index is 2.09. The number of primary amides is 1. The van der Waals surface area contributed by atoms with Crippen molar-refractivity contribution in [1.82, 2.24) is 9.55 Å². The molecule has 7 heteroatoms. The maximum atomic E-state index is 13.1. The third kappa shape index (κ3) is 4.07. The second kappa shape index (κ2) is 8.27. The summed E-state index contributed by atoms with van der Waals surface area (Å²) in [6.45, 7) is 2.44. The van der Waals surface area contributed by atoms with Crippen LogP contribution in [-0.2, 0) is 24.2 Å². The monoisotopic (exact) mass is 397 g/mol. The molecule has 0 spiro atoms. The summed E-state index contributed by atoms with van der Waals surface area (Å²) >= 11 is 6.22. The first-order chi connectivity index (χ1) is 13.4. The zero-order valence-electron chi connectivity index (χ0n) is 15.4. The standard InChI is InChI=1S/C21H20ClN3O3/c1-2-19-24-17-12-16(22)14(11-18(26)20(23)27)10-15(17)21(28)25(19)9-8-13-6-4-3-5-7-13/h3-7,10-12,26H,2,8-9H2,1H3,(H2,23,27)/b18-11+. The highest BCUT2D eigenvalue weighted by atomic mass is 35.5. The van der Waals surface area contributed by atoms with E-state index in [1.807, 2.05) is 37.3 Å². The molecule has 2 aromatic carbocycles. The van der Waals surface area contributed by atoms with Crippen molar-refractivity contribution in [2.45, 2.75) is 26.3 Å². The highest BCUT2D eigenvalue weighted by Gasteiger charge is 2.13. The third-order valence-corrected chi connectivity index (χ3v) is 4.81. The van der Waals surface area contributed by atoms with Crippen LogP contribution in [0, 0.1) is 0 Å². The summed E-state index contributed by atoms with van der Waals surface area (Å²) < 4.78 is 1.66. The van der Waals surface area contributed by atoms with Gasteiger partial charge in [-0.1, -0.05) is 48.9 Å². The number of amides is 1. The fourth-order valence-corrected chi connectivity index (χ4v) is 3.23. The van der Waals surface area contributed by atoms with Gasteiger partial charge < -0.3 is 10.8 Å². The minimum atomic E-state index is -0.976. The fourth-order valence-electron chi connectivity index (χ4n) is 3.02. The lowest BCUT2D eigenvalue weighted by atomic mass is 10.1. The molecule has 3 N–H and O–H groups in total. The largest absolute Gasteiger partial charge is 0.503 e. The maximum Gasteiger partial charge on any atom is 0.283 e. The number of carbonyl (C=O) groups is 1. The lowest BCUT2D eigenvalue weighted by Crippen LogP contribution is -2.26. The van der Waals surface area contributed by atoms with Crippen LogP contribution >= 0.6 is 11.6 Å². The van der Waals surface area contributed by atoms with E-state index in [1.165, 1.54) is 6.07 Å². The number of fused-ring (bicyclic) bond motifs is 1. The van der Waals surface area contributed by atoms with Crippen LogP contribution in [0.2, 0.25) is 5.02 Å². The van der Waals surface area contributed by atoms with Gasteiger partial charge in [0.1, 0.15) is 5.82 Å². The molecule has 0 atom stereocenters. The average molecular weight is 398 g/mol.